The van der Waals surface area contributed by atoms with Crippen molar-refractivity contribution in [2.45, 2.75) is 44.7 Å². The molecule has 0 radical (unpaired) electrons. The van der Waals surface area contributed by atoms with Crippen LogP contribution in [0.3, 0.4) is 0 Å². The Morgan fingerprint density at radius 1 is 1.42 bits per heavy atom. The van der Waals surface area contributed by atoms with Crippen LogP contribution in [-0.2, 0) is 6.42 Å². The number of halogens is 1. The van der Waals surface area contributed by atoms with Gasteiger partial charge in [0.05, 0.1) is 0 Å². The van der Waals surface area contributed by atoms with Crippen LogP contribution < -0.4 is 5.32 Å². The Balaban J connectivity index is 1.76. The van der Waals surface area contributed by atoms with Gasteiger partial charge in [-0.15, -0.1) is 0 Å². The molecule has 1 aromatic rings. The van der Waals surface area contributed by atoms with Crippen LogP contribution in [0, 0.1) is 0 Å². The Bertz CT molecular complexity index is 394. The molecule has 2 nitrogen and oxygen atoms in total. The highest BCUT2D eigenvalue weighted by Gasteiger charge is 2.18. The van der Waals surface area contributed by atoms with Crippen LogP contribution in [0.1, 0.15) is 31.7 Å². The lowest BCUT2D eigenvalue weighted by Crippen LogP contribution is -2.45. The summed E-state index contributed by atoms with van der Waals surface area (Å²) in [6.07, 6.45) is 5.09. The summed E-state index contributed by atoms with van der Waals surface area (Å²) >= 11 is 6.02. The lowest BCUT2D eigenvalue weighted by molar-refractivity contribution is 0.178. The van der Waals surface area contributed by atoms with Gasteiger partial charge in [-0.05, 0) is 57.5 Å². The van der Waals surface area contributed by atoms with Crippen LogP contribution in [0.5, 0.6) is 0 Å². The molecule has 1 heterocycles. The molecule has 0 saturated carbocycles. The van der Waals surface area contributed by atoms with Crippen LogP contribution in [0.4, 0.5) is 0 Å². The molecule has 19 heavy (non-hydrogen) atoms. The normalized spacial score (nSPS) is 22.4. The molecule has 1 fully saturated rings. The molecular formula is C16H25ClN2. The van der Waals surface area contributed by atoms with E-state index in [-0.39, 0.29) is 0 Å². The van der Waals surface area contributed by atoms with Gasteiger partial charge in [0.2, 0.25) is 0 Å². The van der Waals surface area contributed by atoms with E-state index in [1.54, 1.807) is 0 Å². The van der Waals surface area contributed by atoms with Gasteiger partial charge < -0.3 is 10.2 Å². The summed E-state index contributed by atoms with van der Waals surface area (Å²) in [5.74, 6) is 0. The predicted molar refractivity (Wildman–Crippen MR) is 82.9 cm³/mol. The van der Waals surface area contributed by atoms with Crippen LogP contribution in [-0.4, -0.2) is 37.1 Å². The minimum atomic E-state index is 0.494. The molecule has 0 spiro atoms. The van der Waals surface area contributed by atoms with E-state index >= 15 is 0 Å². The molecule has 2 rings (SSSR count). The molecule has 1 aliphatic heterocycles. The zero-order valence-corrected chi connectivity index (χ0v) is 12.8. The van der Waals surface area contributed by atoms with Gasteiger partial charge in [0.15, 0.2) is 0 Å². The van der Waals surface area contributed by atoms with Gasteiger partial charge in [-0.1, -0.05) is 30.2 Å². The Morgan fingerprint density at radius 3 is 3.00 bits per heavy atom. The molecule has 0 bridgehead atoms. The molecule has 2 atom stereocenters. The highest BCUT2D eigenvalue weighted by Crippen LogP contribution is 2.15. The van der Waals surface area contributed by atoms with Gasteiger partial charge in [0, 0.05) is 23.7 Å². The van der Waals surface area contributed by atoms with Gasteiger partial charge in [-0.25, -0.2) is 0 Å². The number of likely N-dealkylation sites (tertiary alicyclic amines) is 1. The molecule has 3 heteroatoms. The summed E-state index contributed by atoms with van der Waals surface area (Å²) in [5.41, 5.74) is 1.31. The van der Waals surface area contributed by atoms with E-state index in [0.29, 0.717) is 12.1 Å². The maximum absolute atomic E-state index is 6.02. The summed E-state index contributed by atoms with van der Waals surface area (Å²) in [5, 5.41) is 4.50. The van der Waals surface area contributed by atoms with Gasteiger partial charge in [-0.3, -0.25) is 0 Å². The first-order valence-electron chi connectivity index (χ1n) is 7.33. The second-order valence-corrected chi connectivity index (χ2v) is 6.21. The second kappa shape index (κ2) is 7.28. The lowest BCUT2D eigenvalue weighted by atomic mass is 10.0. The molecule has 2 unspecified atom stereocenters. The molecule has 1 N–H and O–H groups in total. The number of rotatable bonds is 5. The Kier molecular flexibility index (Phi) is 5.68. The largest absolute Gasteiger partial charge is 0.312 e. The highest BCUT2D eigenvalue weighted by atomic mass is 35.5. The van der Waals surface area contributed by atoms with Crippen molar-refractivity contribution < 1.29 is 0 Å². The topological polar surface area (TPSA) is 15.3 Å². The van der Waals surface area contributed by atoms with Crippen molar-refractivity contribution in [1.29, 1.82) is 0 Å². The number of hydrogen-bond donors (Lipinski definition) is 1. The molecular weight excluding hydrogens is 256 g/mol. The van der Waals surface area contributed by atoms with E-state index in [1.165, 1.54) is 31.4 Å². The zero-order valence-electron chi connectivity index (χ0n) is 12.0. The SMILES string of the molecule is CC(Cc1cccc(Cl)c1)NCC1CCCCN1C. The van der Waals surface area contributed by atoms with Crippen molar-refractivity contribution in [3.8, 4) is 0 Å². The van der Waals surface area contributed by atoms with E-state index < -0.39 is 0 Å². The Labute approximate surface area is 122 Å². The van der Waals surface area contributed by atoms with E-state index in [0.717, 1.165) is 18.0 Å². The molecule has 1 saturated heterocycles. The molecule has 1 aliphatic rings. The first kappa shape index (κ1) is 14.8. The van der Waals surface area contributed by atoms with Crippen LogP contribution in [0.25, 0.3) is 0 Å². The maximum atomic E-state index is 6.02. The van der Waals surface area contributed by atoms with Gasteiger partial charge >= 0.3 is 0 Å². The number of nitrogens with zero attached hydrogens (tertiary/aromatic N) is 1. The van der Waals surface area contributed by atoms with E-state index in [1.807, 2.05) is 12.1 Å². The van der Waals surface area contributed by atoms with E-state index in [9.17, 15) is 0 Å². The standard InChI is InChI=1S/C16H25ClN2/c1-13(10-14-6-5-7-15(17)11-14)18-12-16-8-3-4-9-19(16)2/h5-7,11,13,16,18H,3-4,8-10,12H2,1-2H3. The number of hydrogen-bond acceptors (Lipinski definition) is 2. The fraction of sp³-hybridized carbons (Fsp3) is 0.625. The zero-order chi connectivity index (χ0) is 13.7. The molecule has 1 aromatic carbocycles. The third-order valence-electron chi connectivity index (χ3n) is 4.05. The third-order valence-corrected chi connectivity index (χ3v) is 4.29. The minimum Gasteiger partial charge on any atom is -0.312 e. The smallest absolute Gasteiger partial charge is 0.0408 e. The van der Waals surface area contributed by atoms with Crippen molar-refractivity contribution in [3.63, 3.8) is 0 Å². The Morgan fingerprint density at radius 2 is 2.26 bits per heavy atom. The van der Waals surface area contributed by atoms with Crippen molar-refractivity contribution in [2.75, 3.05) is 20.1 Å². The summed E-state index contributed by atoms with van der Waals surface area (Å²) in [6.45, 7) is 4.59. The van der Waals surface area contributed by atoms with Crippen molar-refractivity contribution in [1.82, 2.24) is 10.2 Å². The van der Waals surface area contributed by atoms with Gasteiger partial charge in [-0.2, -0.15) is 0 Å². The molecule has 0 aliphatic carbocycles. The molecule has 0 aromatic heterocycles. The Hall–Kier alpha value is -0.570. The summed E-state index contributed by atoms with van der Waals surface area (Å²) in [6, 6.07) is 9.37. The van der Waals surface area contributed by atoms with Crippen molar-refractivity contribution in [3.05, 3.63) is 34.9 Å². The van der Waals surface area contributed by atoms with E-state index in [2.05, 4.69) is 36.3 Å². The highest BCUT2D eigenvalue weighted by molar-refractivity contribution is 6.30. The first-order chi connectivity index (χ1) is 9.15. The van der Waals surface area contributed by atoms with Crippen LogP contribution in [0.15, 0.2) is 24.3 Å². The fourth-order valence-corrected chi connectivity index (χ4v) is 3.04. The maximum Gasteiger partial charge on any atom is 0.0408 e. The number of piperidine rings is 1. The number of nitrogens with one attached hydrogen (secondary N) is 1. The summed E-state index contributed by atoms with van der Waals surface area (Å²) in [4.78, 5) is 2.49. The average molecular weight is 281 g/mol. The van der Waals surface area contributed by atoms with Crippen molar-refractivity contribution in [2.24, 2.45) is 0 Å². The van der Waals surface area contributed by atoms with Gasteiger partial charge in [0.25, 0.3) is 0 Å². The monoisotopic (exact) mass is 280 g/mol. The second-order valence-electron chi connectivity index (χ2n) is 5.77. The van der Waals surface area contributed by atoms with Gasteiger partial charge in [0.1, 0.15) is 0 Å². The predicted octanol–water partition coefficient (Wildman–Crippen LogP) is 3.34. The summed E-state index contributed by atoms with van der Waals surface area (Å²) < 4.78 is 0. The quantitative estimate of drug-likeness (QED) is 0.890. The third kappa shape index (κ3) is 4.79. The van der Waals surface area contributed by atoms with Crippen LogP contribution in [0.2, 0.25) is 5.02 Å². The summed E-state index contributed by atoms with van der Waals surface area (Å²) in [7, 11) is 2.24. The number of benzene rings is 1. The molecule has 0 amide bonds. The van der Waals surface area contributed by atoms with Crippen molar-refractivity contribution >= 4 is 11.6 Å². The number of likely N-dealkylation sites (N-methyl/N-ethyl adjacent to an activating group) is 1. The van der Waals surface area contributed by atoms with Crippen LogP contribution >= 0.6 is 11.6 Å². The van der Waals surface area contributed by atoms with E-state index in [4.69, 9.17) is 11.6 Å². The average Bonchev–Trinajstić information content (AvgIpc) is 2.38. The first-order valence-corrected chi connectivity index (χ1v) is 7.71. The molecule has 106 valence electrons. The lowest BCUT2D eigenvalue weighted by Gasteiger charge is -2.33. The minimum absolute atomic E-state index is 0.494. The fourth-order valence-electron chi connectivity index (χ4n) is 2.83.